The van der Waals surface area contributed by atoms with E-state index in [0.717, 1.165) is 40.2 Å². The molecule has 0 radical (unpaired) electrons. The van der Waals surface area contributed by atoms with Crippen molar-refractivity contribution in [3.8, 4) is 5.75 Å². The lowest BCUT2D eigenvalue weighted by molar-refractivity contribution is -0.115. The molecule has 1 heterocycles. The molecule has 0 unspecified atom stereocenters. The Kier molecular flexibility index (Phi) is 7.35. The lowest BCUT2D eigenvalue weighted by atomic mass is 10.3. The molecular formula is C16H21N3O2S2. The predicted molar refractivity (Wildman–Crippen MR) is 95.5 cm³/mol. The second-order valence-electron chi connectivity index (χ2n) is 4.96. The zero-order chi connectivity index (χ0) is 16.5. The third kappa shape index (κ3) is 6.58. The molecule has 2 rings (SSSR count). The molecule has 0 aliphatic heterocycles. The van der Waals surface area contributed by atoms with Gasteiger partial charge in [0, 0.05) is 17.9 Å². The van der Waals surface area contributed by atoms with Gasteiger partial charge in [-0.25, -0.2) is 0 Å². The van der Waals surface area contributed by atoms with Gasteiger partial charge in [0.1, 0.15) is 10.8 Å². The summed E-state index contributed by atoms with van der Waals surface area (Å²) in [7, 11) is 0. The summed E-state index contributed by atoms with van der Waals surface area (Å²) in [5.74, 6) is 1.52. The molecule has 0 bridgehead atoms. The highest BCUT2D eigenvalue weighted by Gasteiger charge is 2.06. The van der Waals surface area contributed by atoms with Gasteiger partial charge in [-0.1, -0.05) is 36.4 Å². The Balaban J connectivity index is 1.70. The van der Waals surface area contributed by atoms with Crippen molar-refractivity contribution in [2.45, 2.75) is 37.4 Å². The molecule has 1 aromatic heterocycles. The second kappa shape index (κ2) is 9.52. The largest absolute Gasteiger partial charge is 0.494 e. The lowest BCUT2D eigenvalue weighted by Crippen LogP contribution is -2.12. The molecule has 0 saturated carbocycles. The normalized spacial score (nSPS) is 10.5. The highest BCUT2D eigenvalue weighted by molar-refractivity contribution is 8.01. The molecule has 0 spiro atoms. The average molecular weight is 351 g/mol. The van der Waals surface area contributed by atoms with Gasteiger partial charge in [-0.3, -0.25) is 4.79 Å². The summed E-state index contributed by atoms with van der Waals surface area (Å²) in [6, 6.07) is 7.48. The van der Waals surface area contributed by atoms with Gasteiger partial charge in [0.2, 0.25) is 5.91 Å². The van der Waals surface area contributed by atoms with Gasteiger partial charge in [-0.2, -0.15) is 0 Å². The number of amides is 1. The van der Waals surface area contributed by atoms with Crippen LogP contribution in [0.15, 0.2) is 28.6 Å². The lowest BCUT2D eigenvalue weighted by Gasteiger charge is -2.07. The molecular weight excluding hydrogens is 330 g/mol. The molecule has 2 aromatic rings. The van der Waals surface area contributed by atoms with Crippen molar-refractivity contribution in [3.05, 3.63) is 29.3 Å². The van der Waals surface area contributed by atoms with E-state index in [1.165, 1.54) is 0 Å². The van der Waals surface area contributed by atoms with Crippen molar-refractivity contribution >= 4 is 34.7 Å². The highest BCUT2D eigenvalue weighted by atomic mass is 32.2. The van der Waals surface area contributed by atoms with Crippen LogP contribution in [0, 0.1) is 6.92 Å². The van der Waals surface area contributed by atoms with Gasteiger partial charge in [0.15, 0.2) is 4.34 Å². The van der Waals surface area contributed by atoms with Crippen LogP contribution in [0.2, 0.25) is 0 Å². The van der Waals surface area contributed by atoms with Gasteiger partial charge < -0.3 is 10.1 Å². The fraction of sp³-hybridized carbons (Fsp3) is 0.438. The molecule has 0 fully saturated rings. The third-order valence-corrected chi connectivity index (χ3v) is 4.94. The minimum atomic E-state index is -0.00149. The molecule has 124 valence electrons. The van der Waals surface area contributed by atoms with E-state index >= 15 is 0 Å². The Bertz CT molecular complexity index is 614. The Morgan fingerprint density at radius 3 is 2.74 bits per heavy atom. The first-order chi connectivity index (χ1) is 11.2. The number of aromatic nitrogens is 2. The van der Waals surface area contributed by atoms with Gasteiger partial charge in [0.05, 0.1) is 6.61 Å². The van der Waals surface area contributed by atoms with Gasteiger partial charge in [-0.05, 0) is 37.6 Å². The summed E-state index contributed by atoms with van der Waals surface area (Å²) >= 11 is 3.11. The summed E-state index contributed by atoms with van der Waals surface area (Å²) in [5.41, 5.74) is 0.787. The van der Waals surface area contributed by atoms with Crippen LogP contribution >= 0.6 is 23.1 Å². The zero-order valence-corrected chi connectivity index (χ0v) is 15.0. The molecule has 0 aliphatic carbocycles. The molecule has 7 heteroatoms. The Hall–Kier alpha value is -1.60. The maximum atomic E-state index is 11.9. The van der Waals surface area contributed by atoms with E-state index in [2.05, 4.69) is 22.4 Å². The number of nitrogens with zero attached hydrogens (tertiary/aromatic N) is 2. The van der Waals surface area contributed by atoms with E-state index in [1.54, 1.807) is 23.1 Å². The number of benzene rings is 1. The van der Waals surface area contributed by atoms with E-state index in [4.69, 9.17) is 4.74 Å². The standard InChI is InChI=1S/C16H21N3O2S2/c1-3-4-10-21-14-7-5-13(6-8-14)17-15(20)9-11-22-16-19-18-12(2)23-16/h5-8H,3-4,9-11H2,1-2H3,(H,17,20). The van der Waals surface area contributed by atoms with Crippen LogP contribution in [0.3, 0.4) is 0 Å². The number of unbranched alkanes of at least 4 members (excludes halogenated alkanes) is 1. The number of aryl methyl sites for hydroxylation is 1. The number of hydrogen-bond acceptors (Lipinski definition) is 6. The zero-order valence-electron chi connectivity index (χ0n) is 13.4. The van der Waals surface area contributed by atoms with E-state index in [9.17, 15) is 4.79 Å². The number of hydrogen-bond donors (Lipinski definition) is 1. The smallest absolute Gasteiger partial charge is 0.225 e. The Morgan fingerprint density at radius 1 is 1.30 bits per heavy atom. The number of anilines is 1. The van der Waals surface area contributed by atoms with Crippen molar-refractivity contribution in [1.29, 1.82) is 0 Å². The fourth-order valence-corrected chi connectivity index (χ4v) is 3.58. The van der Waals surface area contributed by atoms with Crippen molar-refractivity contribution in [3.63, 3.8) is 0 Å². The quantitative estimate of drug-likeness (QED) is 0.543. The number of rotatable bonds is 9. The molecule has 0 aliphatic rings. The SMILES string of the molecule is CCCCOc1ccc(NC(=O)CCSc2nnc(C)s2)cc1. The van der Waals surface area contributed by atoms with Crippen LogP contribution in [-0.2, 0) is 4.79 Å². The van der Waals surface area contributed by atoms with E-state index in [-0.39, 0.29) is 5.91 Å². The number of carbonyl (C=O) groups is 1. The van der Waals surface area contributed by atoms with Crippen LogP contribution in [0.4, 0.5) is 5.69 Å². The molecule has 5 nitrogen and oxygen atoms in total. The van der Waals surface area contributed by atoms with Crippen molar-refractivity contribution in [2.24, 2.45) is 0 Å². The van der Waals surface area contributed by atoms with Gasteiger partial charge in [0.25, 0.3) is 0 Å². The first-order valence-corrected chi connectivity index (χ1v) is 9.43. The summed E-state index contributed by atoms with van der Waals surface area (Å²) < 4.78 is 6.50. The molecule has 1 amide bonds. The number of ether oxygens (including phenoxy) is 1. The van der Waals surface area contributed by atoms with Gasteiger partial charge in [-0.15, -0.1) is 10.2 Å². The van der Waals surface area contributed by atoms with Crippen LogP contribution in [0.25, 0.3) is 0 Å². The van der Waals surface area contributed by atoms with Crippen LogP contribution in [-0.4, -0.2) is 28.5 Å². The second-order valence-corrected chi connectivity index (χ2v) is 7.48. The molecule has 23 heavy (non-hydrogen) atoms. The minimum absolute atomic E-state index is 0.00149. The van der Waals surface area contributed by atoms with E-state index in [1.807, 2.05) is 31.2 Å². The molecule has 1 aromatic carbocycles. The maximum absolute atomic E-state index is 11.9. The van der Waals surface area contributed by atoms with E-state index in [0.29, 0.717) is 12.2 Å². The number of nitrogens with one attached hydrogen (secondary N) is 1. The summed E-state index contributed by atoms with van der Waals surface area (Å²) in [6.45, 7) is 4.78. The van der Waals surface area contributed by atoms with Crippen LogP contribution in [0.1, 0.15) is 31.2 Å². The maximum Gasteiger partial charge on any atom is 0.225 e. The average Bonchev–Trinajstić information content (AvgIpc) is 2.95. The predicted octanol–water partition coefficient (Wildman–Crippen LogP) is 4.15. The summed E-state index contributed by atoms with van der Waals surface area (Å²) in [4.78, 5) is 11.9. The van der Waals surface area contributed by atoms with Crippen molar-refractivity contribution in [1.82, 2.24) is 10.2 Å². The van der Waals surface area contributed by atoms with Crippen LogP contribution in [0.5, 0.6) is 5.75 Å². The van der Waals surface area contributed by atoms with Gasteiger partial charge >= 0.3 is 0 Å². The first-order valence-electron chi connectivity index (χ1n) is 7.63. The molecule has 1 N–H and O–H groups in total. The number of carbonyl (C=O) groups excluding carboxylic acids is 1. The van der Waals surface area contributed by atoms with Crippen molar-refractivity contribution < 1.29 is 9.53 Å². The van der Waals surface area contributed by atoms with Crippen molar-refractivity contribution in [2.75, 3.05) is 17.7 Å². The topological polar surface area (TPSA) is 64.1 Å². The minimum Gasteiger partial charge on any atom is -0.494 e. The Labute approximate surface area is 144 Å². The highest BCUT2D eigenvalue weighted by Crippen LogP contribution is 2.22. The Morgan fingerprint density at radius 2 is 2.09 bits per heavy atom. The molecule has 0 atom stereocenters. The monoisotopic (exact) mass is 351 g/mol. The third-order valence-electron chi connectivity index (χ3n) is 2.97. The van der Waals surface area contributed by atoms with E-state index < -0.39 is 0 Å². The molecule has 0 saturated heterocycles. The fourth-order valence-electron chi connectivity index (χ4n) is 1.76. The first kappa shape index (κ1) is 17.7. The van der Waals surface area contributed by atoms with Crippen LogP contribution < -0.4 is 10.1 Å². The summed E-state index contributed by atoms with van der Waals surface area (Å²) in [6.07, 6.45) is 2.60. The summed E-state index contributed by atoms with van der Waals surface area (Å²) in [5, 5.41) is 11.8. The number of thioether (sulfide) groups is 1.